The van der Waals surface area contributed by atoms with Gasteiger partial charge in [0.2, 0.25) is 0 Å². The third kappa shape index (κ3) is 4.01. The van der Waals surface area contributed by atoms with E-state index in [1.807, 2.05) is 0 Å². The Kier molecular flexibility index (Phi) is 5.53. The highest BCUT2D eigenvalue weighted by Gasteiger charge is 2.44. The minimum absolute atomic E-state index is 0.142. The number of nitrogens with one attached hydrogen (secondary N) is 1. The molecule has 0 unspecified atom stereocenters. The van der Waals surface area contributed by atoms with Crippen LogP contribution in [0.15, 0.2) is 18.2 Å². The lowest BCUT2D eigenvalue weighted by atomic mass is 9.91. The van der Waals surface area contributed by atoms with E-state index < -0.39 is 5.60 Å². The van der Waals surface area contributed by atoms with Crippen molar-refractivity contribution in [2.45, 2.75) is 51.2 Å². The summed E-state index contributed by atoms with van der Waals surface area (Å²) < 4.78 is 19.2. The Bertz CT molecular complexity index is 662. The van der Waals surface area contributed by atoms with Crippen LogP contribution >= 0.6 is 0 Å². The molecule has 26 heavy (non-hydrogen) atoms. The van der Waals surface area contributed by atoms with E-state index in [4.69, 9.17) is 4.74 Å². The van der Waals surface area contributed by atoms with Gasteiger partial charge in [0.1, 0.15) is 11.6 Å². The van der Waals surface area contributed by atoms with Crippen molar-refractivity contribution < 1.29 is 19.0 Å². The van der Waals surface area contributed by atoms with Gasteiger partial charge in [-0.25, -0.2) is 4.39 Å². The summed E-state index contributed by atoms with van der Waals surface area (Å²) in [5.41, 5.74) is -0.646. The molecule has 2 fully saturated rings. The van der Waals surface area contributed by atoms with Gasteiger partial charge in [-0.05, 0) is 55.7 Å². The van der Waals surface area contributed by atoms with Crippen LogP contribution in [0.4, 0.5) is 4.39 Å². The van der Waals surface area contributed by atoms with Crippen LogP contribution in [-0.4, -0.2) is 48.3 Å². The van der Waals surface area contributed by atoms with Gasteiger partial charge in [-0.2, -0.15) is 0 Å². The average molecular weight is 364 g/mol. The molecule has 6 heteroatoms. The minimum atomic E-state index is -1.41. The Hall–Kier alpha value is -1.66. The number of aliphatic hydroxyl groups is 1. The van der Waals surface area contributed by atoms with Crippen molar-refractivity contribution in [3.05, 3.63) is 29.6 Å². The summed E-state index contributed by atoms with van der Waals surface area (Å²) in [6.45, 7) is 3.94. The lowest BCUT2D eigenvalue weighted by Crippen LogP contribution is -2.58. The number of nitrogens with zero attached hydrogens (tertiary/aromatic N) is 1. The number of methoxy groups -OCH3 is 1. The molecule has 0 spiro atoms. The first-order valence-electron chi connectivity index (χ1n) is 9.46. The van der Waals surface area contributed by atoms with Crippen molar-refractivity contribution >= 4 is 5.91 Å². The molecule has 3 rings (SSSR count). The zero-order valence-electron chi connectivity index (χ0n) is 15.7. The van der Waals surface area contributed by atoms with Crippen LogP contribution < -0.4 is 10.1 Å². The van der Waals surface area contributed by atoms with Gasteiger partial charge in [0.15, 0.2) is 5.60 Å². The molecule has 1 aromatic rings. The second kappa shape index (κ2) is 7.53. The van der Waals surface area contributed by atoms with Crippen LogP contribution in [0.25, 0.3) is 0 Å². The highest BCUT2D eigenvalue weighted by molar-refractivity contribution is 5.86. The smallest absolute Gasteiger partial charge is 0.256 e. The highest BCUT2D eigenvalue weighted by atomic mass is 19.1. The molecule has 0 bridgehead atoms. The molecule has 1 heterocycles. The monoisotopic (exact) mass is 364 g/mol. The van der Waals surface area contributed by atoms with Crippen molar-refractivity contribution in [2.24, 2.45) is 5.41 Å². The largest absolute Gasteiger partial charge is 0.497 e. The maximum atomic E-state index is 14.1. The van der Waals surface area contributed by atoms with Gasteiger partial charge in [-0.1, -0.05) is 6.92 Å². The fourth-order valence-corrected chi connectivity index (χ4v) is 3.75. The van der Waals surface area contributed by atoms with Crippen LogP contribution in [0.2, 0.25) is 0 Å². The third-order valence-corrected chi connectivity index (χ3v) is 5.94. The van der Waals surface area contributed by atoms with E-state index in [0.717, 1.165) is 13.0 Å². The molecule has 1 saturated heterocycles. The molecule has 1 aliphatic carbocycles. The van der Waals surface area contributed by atoms with Gasteiger partial charge in [0.05, 0.1) is 7.11 Å². The molecule has 1 amide bonds. The average Bonchev–Trinajstić information content (AvgIpc) is 3.41. The van der Waals surface area contributed by atoms with Gasteiger partial charge in [0, 0.05) is 31.7 Å². The summed E-state index contributed by atoms with van der Waals surface area (Å²) in [6, 6.07) is 4.50. The lowest BCUT2D eigenvalue weighted by Gasteiger charge is -2.38. The molecule has 1 saturated carbocycles. The molecule has 1 atom stereocenters. The van der Waals surface area contributed by atoms with Crippen LogP contribution in [-0.2, 0) is 11.3 Å². The fraction of sp³-hybridized carbons (Fsp3) is 0.650. The number of benzene rings is 1. The zero-order valence-corrected chi connectivity index (χ0v) is 15.7. The molecular weight excluding hydrogens is 335 g/mol. The van der Waals surface area contributed by atoms with Crippen LogP contribution in [0, 0.1) is 11.2 Å². The molecule has 1 aliphatic heterocycles. The predicted octanol–water partition coefficient (Wildman–Crippen LogP) is 2.47. The van der Waals surface area contributed by atoms with E-state index in [1.165, 1.54) is 26.0 Å². The maximum Gasteiger partial charge on any atom is 0.256 e. The Balaban J connectivity index is 1.63. The molecule has 5 nitrogen and oxygen atoms in total. The van der Waals surface area contributed by atoms with Crippen LogP contribution in [0.5, 0.6) is 5.75 Å². The predicted molar refractivity (Wildman–Crippen MR) is 97.4 cm³/mol. The Morgan fingerprint density at radius 1 is 1.31 bits per heavy atom. The first-order valence-corrected chi connectivity index (χ1v) is 9.46. The van der Waals surface area contributed by atoms with E-state index in [1.54, 1.807) is 17.0 Å². The number of likely N-dealkylation sites (tertiary alicyclic amines) is 1. The molecule has 2 N–H and O–H groups in total. The molecule has 0 radical (unpaired) electrons. The third-order valence-electron chi connectivity index (χ3n) is 5.94. The molecule has 1 aromatic carbocycles. The van der Waals surface area contributed by atoms with Crippen molar-refractivity contribution in [2.75, 3.05) is 26.7 Å². The summed E-state index contributed by atoms with van der Waals surface area (Å²) in [5.74, 6) is -0.138. The van der Waals surface area contributed by atoms with Gasteiger partial charge >= 0.3 is 0 Å². The number of hydrogen-bond acceptors (Lipinski definition) is 4. The molecule has 144 valence electrons. The van der Waals surface area contributed by atoms with Crippen LogP contribution in [0.1, 0.15) is 44.6 Å². The Labute approximate surface area is 154 Å². The lowest BCUT2D eigenvalue weighted by molar-refractivity contribution is -0.157. The fourth-order valence-electron chi connectivity index (χ4n) is 3.75. The van der Waals surface area contributed by atoms with Gasteiger partial charge in [-0.3, -0.25) is 4.79 Å². The summed E-state index contributed by atoms with van der Waals surface area (Å²) in [6.07, 6.45) is 4.69. The zero-order chi connectivity index (χ0) is 18.8. The summed E-state index contributed by atoms with van der Waals surface area (Å²) >= 11 is 0. The van der Waals surface area contributed by atoms with Gasteiger partial charge in [0.25, 0.3) is 5.91 Å². The molecular formula is C20H29FN2O3. The second-order valence-corrected chi connectivity index (χ2v) is 7.78. The number of piperidine rings is 1. The Morgan fingerprint density at radius 3 is 2.73 bits per heavy atom. The topological polar surface area (TPSA) is 61.8 Å². The number of carbonyl (C=O) groups excluding carboxylic acids is 1. The number of hydrogen-bond donors (Lipinski definition) is 2. The number of halogens is 1. The first kappa shape index (κ1) is 19.1. The van der Waals surface area contributed by atoms with E-state index in [9.17, 15) is 14.3 Å². The summed E-state index contributed by atoms with van der Waals surface area (Å²) in [7, 11) is 1.52. The second-order valence-electron chi connectivity index (χ2n) is 7.78. The quantitative estimate of drug-likeness (QED) is 0.744. The maximum absolute atomic E-state index is 14.1. The van der Waals surface area contributed by atoms with Gasteiger partial charge < -0.3 is 20.1 Å². The SMILES string of the molecule is CCC1(CNC[C@]2(O)CCCN(Cc3cc(OC)ccc3F)C2=O)CC1. The van der Waals surface area contributed by atoms with E-state index in [-0.39, 0.29) is 24.8 Å². The summed E-state index contributed by atoms with van der Waals surface area (Å²) in [4.78, 5) is 14.4. The standard InChI is InChI=1S/C20H29FN2O3/c1-3-19(8-9-19)13-22-14-20(25)7-4-10-23(18(20)24)12-15-11-16(26-2)5-6-17(15)21/h5-6,11,22,25H,3-4,7-10,12-14H2,1-2H3/t20-/m1/s1. The van der Waals surface area contributed by atoms with Gasteiger partial charge in [-0.15, -0.1) is 0 Å². The highest BCUT2D eigenvalue weighted by Crippen LogP contribution is 2.47. The number of ether oxygens (including phenoxy) is 1. The normalized spacial score (nSPS) is 24.6. The summed E-state index contributed by atoms with van der Waals surface area (Å²) in [5, 5.41) is 14.2. The first-order chi connectivity index (χ1) is 12.4. The van der Waals surface area contributed by atoms with Crippen molar-refractivity contribution in [3.8, 4) is 5.75 Å². The number of rotatable bonds is 8. The number of carbonyl (C=O) groups is 1. The number of amides is 1. The Morgan fingerprint density at radius 2 is 2.08 bits per heavy atom. The molecule has 0 aromatic heterocycles. The van der Waals surface area contributed by atoms with E-state index in [2.05, 4.69) is 12.2 Å². The minimum Gasteiger partial charge on any atom is -0.497 e. The van der Waals surface area contributed by atoms with Crippen LogP contribution in [0.3, 0.4) is 0 Å². The van der Waals surface area contributed by atoms with E-state index >= 15 is 0 Å². The molecule has 2 aliphatic rings. The van der Waals surface area contributed by atoms with Crippen molar-refractivity contribution in [1.29, 1.82) is 0 Å². The van der Waals surface area contributed by atoms with Crippen molar-refractivity contribution in [1.82, 2.24) is 10.2 Å². The van der Waals surface area contributed by atoms with E-state index in [0.29, 0.717) is 36.1 Å². The van der Waals surface area contributed by atoms with Crippen molar-refractivity contribution in [3.63, 3.8) is 0 Å².